The highest BCUT2D eigenvalue weighted by Gasteiger charge is 2.16. The maximum absolute atomic E-state index is 5.53. The molecular weight excluding hydrogens is 258 g/mol. The third kappa shape index (κ3) is 2.91. The zero-order valence-corrected chi connectivity index (χ0v) is 11.3. The summed E-state index contributed by atoms with van der Waals surface area (Å²) in [6, 6.07) is 7.95. The van der Waals surface area contributed by atoms with Crippen LogP contribution in [0, 0.1) is 0 Å². The lowest BCUT2D eigenvalue weighted by Crippen LogP contribution is -2.18. The van der Waals surface area contributed by atoms with Gasteiger partial charge in [-0.15, -0.1) is 0 Å². The predicted octanol–water partition coefficient (Wildman–Crippen LogP) is 2.34. The number of hydrogen-bond donors (Lipinski definition) is 1. The Morgan fingerprint density at radius 3 is 2.90 bits per heavy atom. The number of rotatable bonds is 5. The van der Waals surface area contributed by atoms with Crippen LogP contribution in [0.25, 0.3) is 11.4 Å². The van der Waals surface area contributed by atoms with Gasteiger partial charge in [-0.1, -0.05) is 5.16 Å². The van der Waals surface area contributed by atoms with E-state index in [2.05, 4.69) is 15.5 Å². The first-order valence-electron chi connectivity index (χ1n) is 6.69. The molecule has 1 aliphatic heterocycles. The molecule has 2 heterocycles. The number of methoxy groups -OCH3 is 1. The van der Waals surface area contributed by atoms with E-state index in [0.29, 0.717) is 18.4 Å². The second kappa shape index (κ2) is 5.92. The van der Waals surface area contributed by atoms with Gasteiger partial charge in [-0.2, -0.15) is 4.98 Å². The lowest BCUT2D eigenvalue weighted by Gasteiger charge is -2.07. The minimum absolute atomic E-state index is 0.242. The van der Waals surface area contributed by atoms with Crippen LogP contribution in [0.2, 0.25) is 0 Å². The lowest BCUT2D eigenvalue weighted by atomic mass is 10.2. The number of nitrogens with zero attached hydrogens (tertiary/aromatic N) is 2. The Morgan fingerprint density at radius 1 is 1.35 bits per heavy atom. The van der Waals surface area contributed by atoms with Crippen molar-refractivity contribution in [3.8, 4) is 17.1 Å². The summed E-state index contributed by atoms with van der Waals surface area (Å²) < 4.78 is 15.8. The molecule has 0 spiro atoms. The molecule has 20 heavy (non-hydrogen) atoms. The molecule has 1 unspecified atom stereocenters. The van der Waals surface area contributed by atoms with Gasteiger partial charge in [-0.05, 0) is 37.1 Å². The Hall–Kier alpha value is -2.08. The number of nitrogens with one attached hydrogen (secondary N) is 1. The minimum Gasteiger partial charge on any atom is -0.497 e. The summed E-state index contributed by atoms with van der Waals surface area (Å²) >= 11 is 0. The van der Waals surface area contributed by atoms with E-state index < -0.39 is 0 Å². The highest BCUT2D eigenvalue weighted by atomic mass is 16.5. The van der Waals surface area contributed by atoms with Gasteiger partial charge < -0.3 is 19.3 Å². The van der Waals surface area contributed by atoms with Crippen LogP contribution >= 0.6 is 0 Å². The third-order valence-electron chi connectivity index (χ3n) is 3.28. The third-order valence-corrected chi connectivity index (χ3v) is 3.28. The van der Waals surface area contributed by atoms with Crippen molar-refractivity contribution >= 4 is 6.01 Å². The molecular formula is C14H17N3O3. The monoisotopic (exact) mass is 275 g/mol. The van der Waals surface area contributed by atoms with Crippen molar-refractivity contribution < 1.29 is 14.0 Å². The van der Waals surface area contributed by atoms with E-state index in [1.54, 1.807) is 7.11 Å². The van der Waals surface area contributed by atoms with Crippen LogP contribution in [0.4, 0.5) is 6.01 Å². The summed E-state index contributed by atoms with van der Waals surface area (Å²) in [6.07, 6.45) is 2.44. The molecule has 6 heteroatoms. The molecule has 3 rings (SSSR count). The highest BCUT2D eigenvalue weighted by molar-refractivity contribution is 5.56. The molecule has 0 amide bonds. The van der Waals surface area contributed by atoms with Gasteiger partial charge in [0.05, 0.1) is 13.2 Å². The maximum atomic E-state index is 5.53. The molecule has 1 aromatic carbocycles. The van der Waals surface area contributed by atoms with Crippen LogP contribution in [0.5, 0.6) is 5.75 Å². The Balaban J connectivity index is 1.62. The Labute approximate surface area is 117 Å². The molecule has 1 atom stereocenters. The summed E-state index contributed by atoms with van der Waals surface area (Å²) in [5, 5.41) is 7.07. The molecule has 0 aliphatic carbocycles. The number of aromatic nitrogens is 2. The average molecular weight is 275 g/mol. The van der Waals surface area contributed by atoms with Crippen LogP contribution in [0.3, 0.4) is 0 Å². The first kappa shape index (κ1) is 12.9. The maximum Gasteiger partial charge on any atom is 0.321 e. The van der Waals surface area contributed by atoms with Crippen LogP contribution in [-0.2, 0) is 4.74 Å². The van der Waals surface area contributed by atoms with Crippen molar-refractivity contribution in [1.82, 2.24) is 10.1 Å². The molecule has 1 saturated heterocycles. The van der Waals surface area contributed by atoms with Crippen LogP contribution < -0.4 is 10.1 Å². The van der Waals surface area contributed by atoms with Crippen molar-refractivity contribution in [1.29, 1.82) is 0 Å². The van der Waals surface area contributed by atoms with Gasteiger partial charge in [0, 0.05) is 18.7 Å². The van der Waals surface area contributed by atoms with E-state index in [1.807, 2.05) is 24.3 Å². The largest absolute Gasteiger partial charge is 0.497 e. The SMILES string of the molecule is COc1ccc(-c2noc(NCC3CCCO3)n2)cc1. The first-order valence-corrected chi connectivity index (χ1v) is 6.69. The fourth-order valence-electron chi connectivity index (χ4n) is 2.16. The molecule has 0 bridgehead atoms. The fraction of sp³-hybridized carbons (Fsp3) is 0.429. The van der Waals surface area contributed by atoms with Gasteiger partial charge in [-0.3, -0.25) is 0 Å². The lowest BCUT2D eigenvalue weighted by molar-refractivity contribution is 0.120. The van der Waals surface area contributed by atoms with Gasteiger partial charge in [0.1, 0.15) is 5.75 Å². The van der Waals surface area contributed by atoms with Gasteiger partial charge >= 0.3 is 6.01 Å². The number of ether oxygens (including phenoxy) is 2. The average Bonchev–Trinajstić information content (AvgIpc) is 3.17. The van der Waals surface area contributed by atoms with Gasteiger partial charge in [0.2, 0.25) is 5.82 Å². The highest BCUT2D eigenvalue weighted by Crippen LogP contribution is 2.21. The minimum atomic E-state index is 0.242. The standard InChI is InChI=1S/C14H17N3O3/c1-18-11-6-4-10(5-7-11)13-16-14(20-17-13)15-9-12-3-2-8-19-12/h4-7,12H,2-3,8-9H2,1H3,(H,15,16,17). The summed E-state index contributed by atoms with van der Waals surface area (Å²) in [6.45, 7) is 1.54. The predicted molar refractivity (Wildman–Crippen MR) is 73.7 cm³/mol. The van der Waals surface area contributed by atoms with Crippen molar-refractivity contribution in [3.63, 3.8) is 0 Å². The smallest absolute Gasteiger partial charge is 0.321 e. The van der Waals surface area contributed by atoms with Crippen molar-refractivity contribution in [3.05, 3.63) is 24.3 Å². The molecule has 1 fully saturated rings. The van der Waals surface area contributed by atoms with Crippen LogP contribution in [0.15, 0.2) is 28.8 Å². The van der Waals surface area contributed by atoms with Crippen LogP contribution in [0.1, 0.15) is 12.8 Å². The molecule has 1 aliphatic rings. The Bertz CT molecular complexity index is 547. The van der Waals surface area contributed by atoms with E-state index in [1.165, 1.54) is 0 Å². The second-order valence-electron chi connectivity index (χ2n) is 4.67. The summed E-state index contributed by atoms with van der Waals surface area (Å²) in [7, 11) is 1.64. The van der Waals surface area contributed by atoms with Gasteiger partial charge in [-0.25, -0.2) is 0 Å². The van der Waals surface area contributed by atoms with Gasteiger partial charge in [0.25, 0.3) is 0 Å². The van der Waals surface area contributed by atoms with E-state index in [4.69, 9.17) is 14.0 Å². The van der Waals surface area contributed by atoms with Crippen molar-refractivity contribution in [2.24, 2.45) is 0 Å². The fourth-order valence-corrected chi connectivity index (χ4v) is 2.16. The van der Waals surface area contributed by atoms with E-state index in [-0.39, 0.29) is 6.10 Å². The molecule has 2 aromatic rings. The molecule has 0 saturated carbocycles. The second-order valence-corrected chi connectivity index (χ2v) is 4.67. The zero-order valence-electron chi connectivity index (χ0n) is 11.3. The van der Waals surface area contributed by atoms with E-state index in [0.717, 1.165) is 30.8 Å². The molecule has 6 nitrogen and oxygen atoms in total. The summed E-state index contributed by atoms with van der Waals surface area (Å²) in [5.74, 6) is 1.36. The number of hydrogen-bond acceptors (Lipinski definition) is 6. The first-order chi connectivity index (χ1) is 9.85. The van der Waals surface area contributed by atoms with Crippen molar-refractivity contribution in [2.75, 3.05) is 25.6 Å². The normalized spacial score (nSPS) is 18.1. The van der Waals surface area contributed by atoms with Crippen molar-refractivity contribution in [2.45, 2.75) is 18.9 Å². The van der Waals surface area contributed by atoms with Gasteiger partial charge in [0.15, 0.2) is 0 Å². The number of benzene rings is 1. The molecule has 1 N–H and O–H groups in total. The molecule has 106 valence electrons. The molecule has 0 radical (unpaired) electrons. The van der Waals surface area contributed by atoms with Crippen LogP contribution in [-0.4, -0.2) is 36.5 Å². The summed E-state index contributed by atoms with van der Waals surface area (Å²) in [5.41, 5.74) is 0.889. The summed E-state index contributed by atoms with van der Waals surface area (Å²) in [4.78, 5) is 4.31. The van der Waals surface area contributed by atoms with E-state index >= 15 is 0 Å². The Kier molecular flexibility index (Phi) is 3.83. The zero-order chi connectivity index (χ0) is 13.8. The topological polar surface area (TPSA) is 69.4 Å². The van der Waals surface area contributed by atoms with E-state index in [9.17, 15) is 0 Å². The quantitative estimate of drug-likeness (QED) is 0.903. The number of anilines is 1. The Morgan fingerprint density at radius 2 is 2.20 bits per heavy atom. The molecule has 1 aromatic heterocycles.